The van der Waals surface area contributed by atoms with E-state index in [0.29, 0.717) is 28.4 Å². The van der Waals surface area contributed by atoms with E-state index in [0.717, 1.165) is 4.47 Å². The SMILES string of the molecule is COc1ccc(C(=O)NNC(=O)c2cc(Br)ccc2OC(C)C)cc1OC. The van der Waals surface area contributed by atoms with E-state index in [1.807, 2.05) is 13.8 Å². The third-order valence-corrected chi connectivity index (χ3v) is 3.98. The Labute approximate surface area is 166 Å². The molecule has 2 aromatic carbocycles. The van der Waals surface area contributed by atoms with E-state index in [1.165, 1.54) is 20.3 Å². The molecule has 8 heteroatoms. The Balaban J connectivity index is 2.11. The lowest BCUT2D eigenvalue weighted by molar-refractivity contribution is 0.0843. The number of hydrogen-bond donors (Lipinski definition) is 2. The van der Waals surface area contributed by atoms with Gasteiger partial charge in [-0.15, -0.1) is 0 Å². The lowest BCUT2D eigenvalue weighted by atomic mass is 10.2. The number of rotatable bonds is 6. The number of ether oxygens (including phenoxy) is 3. The van der Waals surface area contributed by atoms with Gasteiger partial charge in [0.15, 0.2) is 11.5 Å². The highest BCUT2D eigenvalue weighted by atomic mass is 79.9. The molecular formula is C19H21BrN2O5. The van der Waals surface area contributed by atoms with Crippen LogP contribution < -0.4 is 25.1 Å². The summed E-state index contributed by atoms with van der Waals surface area (Å²) < 4.78 is 16.7. The van der Waals surface area contributed by atoms with Crippen molar-refractivity contribution >= 4 is 27.7 Å². The number of halogens is 1. The predicted molar refractivity (Wildman–Crippen MR) is 104 cm³/mol. The molecule has 2 amide bonds. The average Bonchev–Trinajstić information content (AvgIpc) is 2.66. The monoisotopic (exact) mass is 436 g/mol. The summed E-state index contributed by atoms with van der Waals surface area (Å²) in [7, 11) is 2.98. The van der Waals surface area contributed by atoms with Crippen LogP contribution in [0.4, 0.5) is 0 Å². The minimum atomic E-state index is -0.499. The molecule has 0 atom stereocenters. The molecule has 7 nitrogen and oxygen atoms in total. The fourth-order valence-corrected chi connectivity index (χ4v) is 2.63. The molecule has 0 aliphatic rings. The van der Waals surface area contributed by atoms with Crippen LogP contribution >= 0.6 is 15.9 Å². The van der Waals surface area contributed by atoms with Crippen molar-refractivity contribution in [3.8, 4) is 17.2 Å². The number of hydrazine groups is 1. The third kappa shape index (κ3) is 5.37. The second kappa shape index (κ2) is 9.27. The van der Waals surface area contributed by atoms with Crippen molar-refractivity contribution < 1.29 is 23.8 Å². The lowest BCUT2D eigenvalue weighted by Crippen LogP contribution is -2.41. The van der Waals surface area contributed by atoms with Crippen LogP contribution in [0.1, 0.15) is 34.6 Å². The van der Waals surface area contributed by atoms with E-state index in [-0.39, 0.29) is 6.10 Å². The van der Waals surface area contributed by atoms with Crippen LogP contribution in [0.25, 0.3) is 0 Å². The summed E-state index contributed by atoms with van der Waals surface area (Å²) >= 11 is 3.33. The van der Waals surface area contributed by atoms with Crippen LogP contribution in [0.3, 0.4) is 0 Å². The van der Waals surface area contributed by atoms with Gasteiger partial charge in [-0.05, 0) is 50.2 Å². The van der Waals surface area contributed by atoms with Crippen LogP contribution in [0.5, 0.6) is 17.2 Å². The van der Waals surface area contributed by atoms with Gasteiger partial charge in [-0.3, -0.25) is 20.4 Å². The Morgan fingerprint density at radius 2 is 1.52 bits per heavy atom. The van der Waals surface area contributed by atoms with Gasteiger partial charge in [0.2, 0.25) is 0 Å². The van der Waals surface area contributed by atoms with Gasteiger partial charge >= 0.3 is 0 Å². The number of hydrogen-bond acceptors (Lipinski definition) is 5. The maximum absolute atomic E-state index is 12.5. The standard InChI is InChI=1S/C19H21BrN2O5/c1-11(2)27-15-8-6-13(20)10-14(15)19(24)22-21-18(23)12-5-7-16(25-3)17(9-12)26-4/h5-11H,1-4H3,(H,21,23)(H,22,24). The number of methoxy groups -OCH3 is 2. The number of carbonyl (C=O) groups is 2. The quantitative estimate of drug-likeness (QED) is 0.678. The largest absolute Gasteiger partial charge is 0.493 e. The first kappa shape index (κ1) is 20.6. The van der Waals surface area contributed by atoms with E-state index < -0.39 is 11.8 Å². The second-order valence-corrected chi connectivity index (χ2v) is 6.70. The van der Waals surface area contributed by atoms with Gasteiger partial charge in [0, 0.05) is 10.0 Å². The first-order valence-corrected chi connectivity index (χ1v) is 8.94. The number of carbonyl (C=O) groups excluding carboxylic acids is 2. The maximum Gasteiger partial charge on any atom is 0.273 e. The first-order chi connectivity index (χ1) is 12.8. The van der Waals surface area contributed by atoms with Crippen molar-refractivity contribution in [1.29, 1.82) is 0 Å². The van der Waals surface area contributed by atoms with Crippen LogP contribution in [0, 0.1) is 0 Å². The highest BCUT2D eigenvalue weighted by Crippen LogP contribution is 2.27. The number of amides is 2. The topological polar surface area (TPSA) is 85.9 Å². The average molecular weight is 437 g/mol. The van der Waals surface area contributed by atoms with Crippen LogP contribution in [-0.4, -0.2) is 32.1 Å². The summed E-state index contributed by atoms with van der Waals surface area (Å²) in [6, 6.07) is 9.78. The van der Waals surface area contributed by atoms with E-state index in [2.05, 4.69) is 26.8 Å². The molecule has 2 aromatic rings. The molecule has 2 N–H and O–H groups in total. The molecule has 0 aromatic heterocycles. The van der Waals surface area contributed by atoms with Crippen LogP contribution in [0.15, 0.2) is 40.9 Å². The molecule has 27 heavy (non-hydrogen) atoms. The van der Waals surface area contributed by atoms with Crippen molar-refractivity contribution in [2.45, 2.75) is 20.0 Å². The lowest BCUT2D eigenvalue weighted by Gasteiger charge is -2.15. The Morgan fingerprint density at radius 1 is 0.889 bits per heavy atom. The van der Waals surface area contributed by atoms with Gasteiger partial charge < -0.3 is 14.2 Å². The van der Waals surface area contributed by atoms with E-state index in [9.17, 15) is 9.59 Å². The normalized spacial score (nSPS) is 10.3. The maximum atomic E-state index is 12.5. The van der Waals surface area contributed by atoms with E-state index in [1.54, 1.807) is 30.3 Å². The summed E-state index contributed by atoms with van der Waals surface area (Å²) in [5, 5.41) is 0. The molecule has 0 saturated heterocycles. The van der Waals surface area contributed by atoms with Gasteiger partial charge in [0.1, 0.15) is 5.75 Å². The molecule has 0 bridgehead atoms. The summed E-state index contributed by atoms with van der Waals surface area (Å²) in [6.45, 7) is 3.73. The Hall–Kier alpha value is -2.74. The van der Waals surface area contributed by atoms with E-state index in [4.69, 9.17) is 14.2 Å². The molecular weight excluding hydrogens is 416 g/mol. The summed E-state index contributed by atoms with van der Waals surface area (Å²) in [5.41, 5.74) is 5.38. The van der Waals surface area contributed by atoms with Crippen molar-refractivity contribution in [3.05, 3.63) is 52.0 Å². The molecule has 0 saturated carbocycles. The van der Waals surface area contributed by atoms with Crippen LogP contribution in [0.2, 0.25) is 0 Å². The second-order valence-electron chi connectivity index (χ2n) is 5.79. The fourth-order valence-electron chi connectivity index (χ4n) is 2.27. The molecule has 0 radical (unpaired) electrons. The van der Waals surface area contributed by atoms with Crippen molar-refractivity contribution in [1.82, 2.24) is 10.9 Å². The molecule has 0 aliphatic heterocycles. The summed E-state index contributed by atoms with van der Waals surface area (Å²) in [5.74, 6) is 0.344. The highest BCUT2D eigenvalue weighted by Gasteiger charge is 2.16. The van der Waals surface area contributed by atoms with Crippen molar-refractivity contribution in [2.75, 3.05) is 14.2 Å². The number of nitrogens with one attached hydrogen (secondary N) is 2. The summed E-state index contributed by atoms with van der Waals surface area (Å²) in [6.07, 6.45) is -0.0981. The Morgan fingerprint density at radius 3 is 2.15 bits per heavy atom. The van der Waals surface area contributed by atoms with Crippen molar-refractivity contribution in [3.63, 3.8) is 0 Å². The van der Waals surface area contributed by atoms with Gasteiger partial charge in [-0.1, -0.05) is 15.9 Å². The van der Waals surface area contributed by atoms with Gasteiger partial charge in [0.05, 0.1) is 25.9 Å². The first-order valence-electron chi connectivity index (χ1n) is 8.14. The van der Waals surface area contributed by atoms with Crippen LogP contribution in [-0.2, 0) is 0 Å². The zero-order chi connectivity index (χ0) is 20.0. The molecule has 2 rings (SSSR count). The van der Waals surface area contributed by atoms with Gasteiger partial charge in [-0.2, -0.15) is 0 Å². The Bertz CT molecular complexity index is 839. The molecule has 144 valence electrons. The minimum Gasteiger partial charge on any atom is -0.493 e. The van der Waals surface area contributed by atoms with Gasteiger partial charge in [0.25, 0.3) is 11.8 Å². The summed E-state index contributed by atoms with van der Waals surface area (Å²) in [4.78, 5) is 24.8. The fraction of sp³-hybridized carbons (Fsp3) is 0.263. The Kier molecular flexibility index (Phi) is 7.06. The highest BCUT2D eigenvalue weighted by molar-refractivity contribution is 9.10. The zero-order valence-electron chi connectivity index (χ0n) is 15.5. The smallest absolute Gasteiger partial charge is 0.273 e. The third-order valence-electron chi connectivity index (χ3n) is 3.48. The molecule has 0 aliphatic carbocycles. The van der Waals surface area contributed by atoms with Gasteiger partial charge in [-0.25, -0.2) is 0 Å². The van der Waals surface area contributed by atoms with E-state index >= 15 is 0 Å². The molecule has 0 heterocycles. The van der Waals surface area contributed by atoms with Crippen molar-refractivity contribution in [2.24, 2.45) is 0 Å². The molecule has 0 spiro atoms. The predicted octanol–water partition coefficient (Wildman–Crippen LogP) is 3.33. The zero-order valence-corrected chi connectivity index (χ0v) is 17.0. The molecule has 0 unspecified atom stereocenters. The number of benzene rings is 2. The minimum absolute atomic E-state index is 0.0981. The molecule has 0 fully saturated rings.